The van der Waals surface area contributed by atoms with Crippen LogP contribution < -0.4 is 16.0 Å². The molecule has 38 nitrogen and oxygen atoms in total. The molecule has 7 rings (SSSR count). The molecule has 35 atom stereocenters. The first-order chi connectivity index (χ1) is 40.6. The van der Waals surface area contributed by atoms with Gasteiger partial charge in [0.15, 0.2) is 44.0 Å². The van der Waals surface area contributed by atoms with Crippen molar-refractivity contribution >= 4 is 17.7 Å². The Morgan fingerprint density at radius 1 is 0.326 bits per heavy atom. The maximum Gasteiger partial charge on any atom is 0.217 e. The second-order valence-corrected chi connectivity index (χ2v) is 21.8. The van der Waals surface area contributed by atoms with Crippen LogP contribution in [0.3, 0.4) is 0 Å². The highest BCUT2D eigenvalue weighted by molar-refractivity contribution is 5.74. The van der Waals surface area contributed by atoms with Gasteiger partial charge in [-0.3, -0.25) is 14.4 Å². The zero-order valence-electron chi connectivity index (χ0n) is 46.5. The zero-order chi connectivity index (χ0) is 63.5. The minimum Gasteiger partial charge on any atom is -0.394 e. The molecule has 1 unspecified atom stereocenters. The molecule has 0 aromatic heterocycles. The van der Waals surface area contributed by atoms with Crippen LogP contribution in [0.15, 0.2) is 0 Å². The van der Waals surface area contributed by atoms with E-state index in [1.807, 2.05) is 0 Å². The second-order valence-electron chi connectivity index (χ2n) is 21.8. The smallest absolute Gasteiger partial charge is 0.217 e. The molecule has 38 heteroatoms. The Balaban J connectivity index is 1.15. The maximum atomic E-state index is 12.9. The van der Waals surface area contributed by atoms with E-state index < -0.39 is 272 Å². The van der Waals surface area contributed by atoms with Crippen molar-refractivity contribution < 1.29 is 173 Å². The van der Waals surface area contributed by atoms with Gasteiger partial charge in [-0.1, -0.05) is 0 Å². The average molecular weight is 1260 g/mol. The minimum absolute atomic E-state index is 0.761. The Morgan fingerprint density at radius 3 is 1.22 bits per heavy atom. The summed E-state index contributed by atoms with van der Waals surface area (Å²) in [6.07, 6.45) is -60.7. The van der Waals surface area contributed by atoms with Gasteiger partial charge in [-0.05, 0) is 6.92 Å². The van der Waals surface area contributed by atoms with Crippen LogP contribution in [-0.2, 0) is 76.0 Å². The topological polar surface area (TPSA) is 592 Å². The Hall–Kier alpha value is -2.87. The lowest BCUT2D eigenvalue weighted by atomic mass is 9.93. The van der Waals surface area contributed by atoms with E-state index in [1.54, 1.807) is 0 Å². The molecule has 3 amide bonds. The zero-order valence-corrected chi connectivity index (χ0v) is 46.5. The molecule has 7 fully saturated rings. The number of carbonyl (C=O) groups is 3. The van der Waals surface area contributed by atoms with E-state index in [2.05, 4.69) is 16.0 Å². The van der Waals surface area contributed by atoms with E-state index in [0.29, 0.717) is 0 Å². The summed E-state index contributed by atoms with van der Waals surface area (Å²) in [7, 11) is 0. The molecule has 0 aromatic carbocycles. The third-order valence-electron chi connectivity index (χ3n) is 15.7. The Labute approximate surface area is 488 Å². The van der Waals surface area contributed by atoms with Crippen LogP contribution in [0.4, 0.5) is 0 Å². The number of rotatable bonds is 21. The normalized spacial score (nSPS) is 49.4. The van der Waals surface area contributed by atoms with Crippen molar-refractivity contribution in [1.82, 2.24) is 16.0 Å². The van der Waals surface area contributed by atoms with Crippen molar-refractivity contribution in [1.29, 1.82) is 0 Å². The molecule has 0 saturated carbocycles. The molecule has 0 bridgehead atoms. The Bertz CT molecular complexity index is 2170. The van der Waals surface area contributed by atoms with Crippen molar-refractivity contribution in [3.63, 3.8) is 0 Å². The minimum atomic E-state index is -2.36. The summed E-state index contributed by atoms with van der Waals surface area (Å²) in [6.45, 7) is -1.28. The van der Waals surface area contributed by atoms with E-state index in [0.717, 1.165) is 20.8 Å². The summed E-state index contributed by atoms with van der Waals surface area (Å²) < 4.78 is 75.2. The van der Waals surface area contributed by atoms with Crippen molar-refractivity contribution in [2.24, 2.45) is 0 Å². The van der Waals surface area contributed by atoms with Gasteiger partial charge < -0.3 is 175 Å². The summed E-state index contributed by atoms with van der Waals surface area (Å²) in [5, 5.41) is 214. The van der Waals surface area contributed by atoms with E-state index in [4.69, 9.17) is 61.6 Å². The number of amides is 3. The number of hydrogen-bond donors (Lipinski definition) is 22. The average Bonchev–Trinajstić information content (AvgIpc) is 1.57. The molecule has 22 N–H and O–H groups in total. The molecule has 0 aromatic rings. The molecule has 7 aliphatic rings. The van der Waals surface area contributed by atoms with Gasteiger partial charge in [0, 0.05) is 20.8 Å². The molecule has 0 radical (unpaired) electrons. The summed E-state index contributed by atoms with van der Waals surface area (Å²) in [5.41, 5.74) is 0. The standard InChI is InChI=1S/C48H81N3O35/c1-11-24(59)31(66)34(69)45(76-11)75-10-20-40(29(64)21(42(73)77-20)49-12(2)56)84-44-23(51-14(4)58)30(65)38(17(7-54)80-44)85-48-37(72)41(27(62)19(82-48)9-74-46-35(70)32(67)26(61)16(6-53)79-46)86-47-36(71)33(68)39(18(8-55)81-47)83-43-22(50-13(3)57)28(63)25(60)15(5-52)78-43/h11,15-48,52-55,59-73H,5-10H2,1-4H3,(H,49,56)(H,50,57)(H,51,58)/t11-,15+,16+,17+,18+,19+,20+,21+,22+,23+,24+,25+,26+,27+,28+,29+,30+,31+,32-,33+,34-,35-,36-,37-,38+,39+,40+,41-,42?,43-,44-,45+,46-,47+,48-/m0/s1. The number of nitrogens with one attached hydrogen (secondary N) is 3. The summed E-state index contributed by atoms with van der Waals surface area (Å²) in [4.78, 5) is 37.2. The quantitative estimate of drug-likeness (QED) is 0.0507. The summed E-state index contributed by atoms with van der Waals surface area (Å²) in [6, 6.07) is -5.10. The van der Waals surface area contributed by atoms with Gasteiger partial charge >= 0.3 is 0 Å². The van der Waals surface area contributed by atoms with Gasteiger partial charge in [0.05, 0.1) is 45.7 Å². The first-order valence-corrected chi connectivity index (χ1v) is 27.5. The highest BCUT2D eigenvalue weighted by atomic mass is 16.8. The predicted octanol–water partition coefficient (Wildman–Crippen LogP) is -14.8. The molecule has 86 heavy (non-hydrogen) atoms. The van der Waals surface area contributed by atoms with E-state index in [9.17, 15) is 111 Å². The molecule has 0 spiro atoms. The van der Waals surface area contributed by atoms with Crippen molar-refractivity contribution in [3.05, 3.63) is 0 Å². The monoisotopic (exact) mass is 1260 g/mol. The lowest BCUT2D eigenvalue weighted by Crippen LogP contribution is -2.70. The summed E-state index contributed by atoms with van der Waals surface area (Å²) >= 11 is 0. The number of ether oxygens (including phenoxy) is 13. The molecule has 498 valence electrons. The number of carbonyl (C=O) groups excluding carboxylic acids is 3. The number of aliphatic hydroxyl groups excluding tert-OH is 19. The van der Waals surface area contributed by atoms with Gasteiger partial charge in [-0.2, -0.15) is 0 Å². The van der Waals surface area contributed by atoms with Crippen molar-refractivity contribution in [2.45, 2.75) is 242 Å². The summed E-state index contributed by atoms with van der Waals surface area (Å²) in [5.74, 6) is -2.43. The highest BCUT2D eigenvalue weighted by Crippen LogP contribution is 2.37. The van der Waals surface area contributed by atoms with E-state index in [1.165, 1.54) is 6.92 Å². The molecular formula is C48H81N3O35. The molecule has 7 aliphatic heterocycles. The van der Waals surface area contributed by atoms with Crippen molar-refractivity contribution in [3.8, 4) is 0 Å². The van der Waals surface area contributed by atoms with Crippen molar-refractivity contribution in [2.75, 3.05) is 39.6 Å². The third kappa shape index (κ3) is 15.5. The first kappa shape index (κ1) is 70.6. The largest absolute Gasteiger partial charge is 0.394 e. The predicted molar refractivity (Wildman–Crippen MR) is 265 cm³/mol. The maximum absolute atomic E-state index is 12.9. The van der Waals surface area contributed by atoms with Crippen LogP contribution >= 0.6 is 0 Å². The Morgan fingerprint density at radius 2 is 0.686 bits per heavy atom. The lowest BCUT2D eigenvalue weighted by molar-refractivity contribution is -0.389. The first-order valence-electron chi connectivity index (χ1n) is 27.5. The Kier molecular flexibility index (Phi) is 25.0. The van der Waals surface area contributed by atoms with Crippen LogP contribution in [0, 0.1) is 0 Å². The molecule has 7 heterocycles. The highest BCUT2D eigenvalue weighted by Gasteiger charge is 2.58. The number of hydrogen-bond acceptors (Lipinski definition) is 35. The van der Waals surface area contributed by atoms with Gasteiger partial charge in [-0.25, -0.2) is 0 Å². The lowest BCUT2D eigenvalue weighted by Gasteiger charge is -2.50. The fourth-order valence-corrected chi connectivity index (χ4v) is 11.0. The van der Waals surface area contributed by atoms with Crippen LogP contribution in [0.25, 0.3) is 0 Å². The van der Waals surface area contributed by atoms with E-state index in [-0.39, 0.29) is 0 Å². The van der Waals surface area contributed by atoms with Gasteiger partial charge in [0.2, 0.25) is 17.7 Å². The third-order valence-corrected chi connectivity index (χ3v) is 15.7. The van der Waals surface area contributed by atoms with Gasteiger partial charge in [0.25, 0.3) is 0 Å². The van der Waals surface area contributed by atoms with Gasteiger partial charge in [-0.15, -0.1) is 0 Å². The molecular weight excluding hydrogens is 1180 g/mol. The number of aliphatic hydroxyl groups is 19. The second kappa shape index (κ2) is 30.5. The van der Waals surface area contributed by atoms with Crippen LogP contribution in [0.2, 0.25) is 0 Å². The SMILES string of the molecule is CC(=O)N[C@H]1[C@H](O[C@H]2[C@H](O)[C@@H](NC(C)=O)C(O)O[C@@H]2CO[C@@H]2O[C@@H](C)[C@@H](O)[C@@H](O)[C@@H]2O)O[C@H](CO)[C@@H](O[C@@H]2O[C@H](CO[C@H]3O[C@H](CO)[C@@H](O)[C@H](O)[C@@H]3O)[C@@H](O)[C@H](O[C@H]3O[C@H](CO)[C@@H](O[C@@H]4O[C@H](CO)[C@@H](O)[C@H](O)[C@H]4NC(C)=O)[C@H](O)[C@@H]3O)[C@@H]2O)[C@@H]1O. The fourth-order valence-electron chi connectivity index (χ4n) is 11.0. The van der Waals surface area contributed by atoms with Crippen LogP contribution in [0.1, 0.15) is 27.7 Å². The van der Waals surface area contributed by atoms with Crippen LogP contribution in [-0.4, -0.2) is 369 Å². The molecule has 0 aliphatic carbocycles. The van der Waals surface area contributed by atoms with E-state index >= 15 is 0 Å². The van der Waals surface area contributed by atoms with Gasteiger partial charge in [0.1, 0.15) is 165 Å². The molecule has 7 saturated heterocycles. The van der Waals surface area contributed by atoms with Crippen LogP contribution in [0.5, 0.6) is 0 Å². The fraction of sp³-hybridized carbons (Fsp3) is 0.938.